The Kier molecular flexibility index (Phi) is 9.04. The molecule has 318 valence electrons. The number of amides is 1. The van der Waals surface area contributed by atoms with Crippen molar-refractivity contribution in [2.75, 3.05) is 13.2 Å². The summed E-state index contributed by atoms with van der Waals surface area (Å²) < 4.78 is 29.3. The number of carbonyl (C=O) groups is 3. The zero-order valence-electron chi connectivity index (χ0n) is 35.7. The van der Waals surface area contributed by atoms with Crippen molar-refractivity contribution in [1.29, 1.82) is 5.26 Å². The van der Waals surface area contributed by atoms with Gasteiger partial charge in [-0.05, 0) is 96.3 Å². The lowest BCUT2D eigenvalue weighted by Gasteiger charge is -2.51. The van der Waals surface area contributed by atoms with E-state index in [2.05, 4.69) is 40.2 Å². The van der Waals surface area contributed by atoms with E-state index in [1.165, 1.54) is 0 Å². The van der Waals surface area contributed by atoms with Gasteiger partial charge in [0.2, 0.25) is 5.60 Å². The van der Waals surface area contributed by atoms with E-state index in [1.54, 1.807) is 24.8 Å². The summed E-state index contributed by atoms with van der Waals surface area (Å²) in [6.07, 6.45) is 16.3. The molecule has 0 N–H and O–H groups in total. The van der Waals surface area contributed by atoms with Crippen molar-refractivity contribution in [2.24, 2.45) is 41.4 Å². The van der Waals surface area contributed by atoms with Crippen LogP contribution in [0.25, 0.3) is 14.5 Å². The molecule has 6 fully saturated rings. The lowest BCUT2D eigenvalue weighted by molar-refractivity contribution is -0.169. The summed E-state index contributed by atoms with van der Waals surface area (Å²) in [5.74, 6) is -0.393. The fraction of sp³-hybridized carbons (Fsp3) is 0.646. The van der Waals surface area contributed by atoms with Crippen molar-refractivity contribution >= 4 is 18.0 Å². The van der Waals surface area contributed by atoms with Gasteiger partial charge in [-0.3, -0.25) is 9.74 Å². The van der Waals surface area contributed by atoms with Gasteiger partial charge < -0.3 is 23.7 Å². The third kappa shape index (κ3) is 5.30. The number of allylic oxidation sites excluding steroid dienone is 1. The summed E-state index contributed by atoms with van der Waals surface area (Å²) >= 11 is 0. The average Bonchev–Trinajstić information content (AvgIpc) is 4.06. The summed E-state index contributed by atoms with van der Waals surface area (Å²) in [7, 11) is 0. The molecule has 61 heavy (non-hydrogen) atoms. The summed E-state index contributed by atoms with van der Waals surface area (Å²) in [5, 5.41) is 10.3. The average molecular weight is 828 g/mol. The van der Waals surface area contributed by atoms with E-state index in [9.17, 15) is 19.6 Å². The molecule has 10 aliphatic rings. The highest BCUT2D eigenvalue weighted by molar-refractivity contribution is 5.89. The molecule has 6 heterocycles. The normalized spacial score (nSPS) is 43.9. The highest BCUT2D eigenvalue weighted by Gasteiger charge is 2.79. The molecular formula is C48H53N5O8. The van der Waals surface area contributed by atoms with Crippen molar-refractivity contribution in [3.63, 3.8) is 0 Å². The first kappa shape index (κ1) is 41.2. The number of fused-ring (bicyclic) bond motifs is 12. The van der Waals surface area contributed by atoms with Crippen molar-refractivity contribution in [1.82, 2.24) is 4.90 Å². The minimum Gasteiger partial charge on any atom is -0.464 e. The van der Waals surface area contributed by atoms with E-state index < -0.39 is 51.3 Å². The zero-order chi connectivity index (χ0) is 43.7. The lowest BCUT2D eigenvalue weighted by atomic mass is 9.52. The number of ether oxygens (including phenoxy) is 5. The van der Waals surface area contributed by atoms with Gasteiger partial charge in [0.25, 0.3) is 0 Å². The first-order valence-electron chi connectivity index (χ1n) is 21.8. The summed E-state index contributed by atoms with van der Waals surface area (Å²) in [6, 6.07) is 1.75. The monoisotopic (exact) mass is 827 g/mol. The topological polar surface area (TPSA) is 137 Å². The maximum atomic E-state index is 13.2. The van der Waals surface area contributed by atoms with Crippen LogP contribution < -0.4 is 0 Å². The zero-order valence-corrected chi connectivity index (χ0v) is 35.7. The Balaban J connectivity index is 0.000000160. The molecule has 3 saturated carbocycles. The Bertz CT molecular complexity index is 2290. The molecule has 0 aromatic heterocycles. The van der Waals surface area contributed by atoms with Crippen LogP contribution >= 0.6 is 0 Å². The molecule has 0 aromatic rings. The van der Waals surface area contributed by atoms with E-state index in [0.29, 0.717) is 36.9 Å². The first-order valence-corrected chi connectivity index (χ1v) is 21.8. The maximum Gasteiger partial charge on any atom is 0.509 e. The van der Waals surface area contributed by atoms with Crippen LogP contribution in [0.1, 0.15) is 86.5 Å². The van der Waals surface area contributed by atoms with E-state index in [-0.39, 0.29) is 60.7 Å². The van der Waals surface area contributed by atoms with Gasteiger partial charge in [0.15, 0.2) is 11.7 Å². The largest absolute Gasteiger partial charge is 0.509 e. The minimum atomic E-state index is -1.44. The van der Waals surface area contributed by atoms with E-state index in [0.717, 1.165) is 36.8 Å². The molecule has 10 rings (SSSR count). The smallest absolute Gasteiger partial charge is 0.464 e. The van der Waals surface area contributed by atoms with Crippen LogP contribution in [0.5, 0.6) is 0 Å². The molecule has 1 amide bonds. The third-order valence-corrected chi connectivity index (χ3v) is 15.8. The fourth-order valence-corrected chi connectivity index (χ4v) is 13.6. The molecule has 6 aliphatic heterocycles. The highest BCUT2D eigenvalue weighted by Crippen LogP contribution is 2.69. The molecule has 13 heteroatoms. The Morgan fingerprint density at radius 3 is 2.26 bits per heavy atom. The van der Waals surface area contributed by atoms with E-state index in [4.69, 9.17) is 43.4 Å². The van der Waals surface area contributed by atoms with E-state index in [1.807, 2.05) is 45.1 Å². The second-order valence-corrected chi connectivity index (χ2v) is 19.8. The second kappa shape index (κ2) is 13.4. The predicted octanol–water partition coefficient (Wildman–Crippen LogP) is 7.50. The van der Waals surface area contributed by atoms with Gasteiger partial charge in [0, 0.05) is 41.2 Å². The van der Waals surface area contributed by atoms with Crippen LogP contribution in [-0.2, 0) is 33.3 Å². The number of hydrogen-bond acceptors (Lipinski definition) is 9. The molecular weight excluding hydrogens is 775 g/mol. The van der Waals surface area contributed by atoms with Crippen LogP contribution in [0.2, 0.25) is 0 Å². The molecule has 2 spiro atoms. The molecule has 0 radical (unpaired) electrons. The number of hydrogen-bond donors (Lipinski definition) is 0. The highest BCUT2D eigenvalue weighted by atomic mass is 16.6. The first-order chi connectivity index (χ1) is 28.9. The van der Waals surface area contributed by atoms with Crippen LogP contribution in [0.3, 0.4) is 0 Å². The molecule has 3 saturated heterocycles. The van der Waals surface area contributed by atoms with Gasteiger partial charge in [-0.25, -0.2) is 43.8 Å². The minimum absolute atomic E-state index is 0.0263. The van der Waals surface area contributed by atoms with Crippen LogP contribution in [0.4, 0.5) is 4.79 Å². The fourth-order valence-electron chi connectivity index (χ4n) is 13.6. The Morgan fingerprint density at radius 2 is 1.61 bits per heavy atom. The van der Waals surface area contributed by atoms with Crippen molar-refractivity contribution in [3.05, 3.63) is 94.0 Å². The molecule has 14 atom stereocenters. The number of nitrogens with zero attached hydrogens (tertiary/aromatic N) is 5. The molecule has 0 aromatic carbocycles. The van der Waals surface area contributed by atoms with Crippen LogP contribution in [0, 0.1) is 72.5 Å². The number of nitriles is 1. The summed E-state index contributed by atoms with van der Waals surface area (Å²) in [5.41, 5.74) is -5.24. The number of esters is 2. The van der Waals surface area contributed by atoms with Gasteiger partial charge in [0.1, 0.15) is 28.8 Å². The van der Waals surface area contributed by atoms with Gasteiger partial charge in [-0.2, -0.15) is 5.26 Å². The summed E-state index contributed by atoms with van der Waals surface area (Å²) in [4.78, 5) is 52.5. The van der Waals surface area contributed by atoms with E-state index >= 15 is 0 Å². The van der Waals surface area contributed by atoms with Gasteiger partial charge in [-0.15, -0.1) is 0 Å². The number of carbonyl (C=O) groups excluding carboxylic acids is 3. The Morgan fingerprint density at radius 1 is 0.902 bits per heavy atom. The van der Waals surface area contributed by atoms with Gasteiger partial charge in [0.05, 0.1) is 25.7 Å². The maximum absolute atomic E-state index is 13.2. The molecule has 13 nitrogen and oxygen atoms in total. The third-order valence-electron chi connectivity index (χ3n) is 15.8. The van der Waals surface area contributed by atoms with Gasteiger partial charge in [-0.1, -0.05) is 37.8 Å². The number of rotatable bonds is 4. The molecule has 4 unspecified atom stereocenters. The Hall–Kier alpha value is -5.21. The van der Waals surface area contributed by atoms with Crippen LogP contribution in [0.15, 0.2) is 59.8 Å². The van der Waals surface area contributed by atoms with Crippen LogP contribution in [-0.4, -0.2) is 87.4 Å². The SMILES string of the molecule is [C-]#[N+]C1(C#N)CC23C=CC(C(=O)OCC)(O2)C(=C)[C@H]3[C@@H]2C1=C[C@@H]1CC[C@@H]2N1C(=O)OC(C)(C)C.[C-]#[N+]C1([N+]#[C-])C[C@@]23C=C[C@@](C(=O)OCC)(O2)C(C)[C@H]3[C@H]2C1=C[C@@H]1CC[C@H]2C1. The van der Waals surface area contributed by atoms with Gasteiger partial charge >= 0.3 is 29.2 Å². The lowest BCUT2D eigenvalue weighted by Crippen LogP contribution is -2.61. The standard InChI is InChI=1S/C26H29N3O5.C22H24N2O3/c1-7-32-21(30)26-11-10-25(34-26)13-24(14-27,28-6)17-12-16-8-9-18(19(17)20(25)15(26)2)29(16)22(31)33-23(3,4)5;1-5-26-19(25)21-9-8-20(27-21)12-22(23-3,24-4)16-11-14-6-7-15(10-14)17(16)18(20)13(21)2/h10-12,16,18-20H,2,7-9,13H2,1,3-5H3;8-9,11,13-15,17-18H,5-7,10,12H2,1-2H3/t16-,18-,19+,20-,24?,25?,26?;13?,14-,15+,17-,18+,20-,21-/m01/s1. The summed E-state index contributed by atoms with van der Waals surface area (Å²) in [6.45, 7) is 39.7. The molecule has 8 bridgehead atoms. The van der Waals surface area contributed by atoms with Crippen molar-refractivity contribution in [3.8, 4) is 6.07 Å². The second-order valence-electron chi connectivity index (χ2n) is 19.8. The quantitative estimate of drug-likeness (QED) is 0.122. The predicted molar refractivity (Wildman–Crippen MR) is 219 cm³/mol. The molecule has 4 aliphatic carbocycles. The Labute approximate surface area is 357 Å². The van der Waals surface area contributed by atoms with Crippen molar-refractivity contribution < 1.29 is 38.1 Å². The van der Waals surface area contributed by atoms with Crippen molar-refractivity contribution in [2.45, 2.75) is 138 Å².